The van der Waals surface area contributed by atoms with Gasteiger partial charge in [-0.15, -0.1) is 22.7 Å². The molecule has 4 heterocycles. The number of hydrogen-bond acceptors (Lipinski definition) is 4. The van der Waals surface area contributed by atoms with Gasteiger partial charge in [-0.2, -0.15) is 0 Å². The molecule has 0 aliphatic heterocycles. The first kappa shape index (κ1) is 25.0. The molecular formula is C40H23N3S2. The molecule has 5 heteroatoms. The molecule has 0 spiro atoms. The number of hydrogen-bond donors (Lipinski definition) is 0. The van der Waals surface area contributed by atoms with Crippen LogP contribution in [0.2, 0.25) is 0 Å². The van der Waals surface area contributed by atoms with Gasteiger partial charge < -0.3 is 4.57 Å². The van der Waals surface area contributed by atoms with Gasteiger partial charge in [-0.3, -0.25) is 0 Å². The Labute approximate surface area is 266 Å². The molecule has 4 aromatic heterocycles. The lowest BCUT2D eigenvalue weighted by Gasteiger charge is -2.15. The van der Waals surface area contributed by atoms with Gasteiger partial charge in [-0.05, 0) is 24.3 Å². The lowest BCUT2D eigenvalue weighted by molar-refractivity contribution is 1.17. The zero-order valence-corrected chi connectivity index (χ0v) is 25.6. The zero-order valence-electron chi connectivity index (χ0n) is 23.9. The summed E-state index contributed by atoms with van der Waals surface area (Å²) in [7, 11) is 0. The highest BCUT2D eigenvalue weighted by Crippen LogP contribution is 2.46. The normalized spacial score (nSPS) is 12.0. The molecule has 0 N–H and O–H groups in total. The monoisotopic (exact) mass is 609 g/mol. The van der Waals surface area contributed by atoms with E-state index in [-0.39, 0.29) is 0 Å². The van der Waals surface area contributed by atoms with Crippen molar-refractivity contribution < 1.29 is 0 Å². The van der Waals surface area contributed by atoms with Gasteiger partial charge in [-0.25, -0.2) is 9.97 Å². The third-order valence-corrected chi connectivity index (χ3v) is 11.1. The van der Waals surface area contributed by atoms with E-state index in [0.717, 1.165) is 38.5 Å². The van der Waals surface area contributed by atoms with E-state index in [1.54, 1.807) is 11.3 Å². The molecule has 210 valence electrons. The number of fused-ring (bicyclic) bond motifs is 10. The van der Waals surface area contributed by atoms with E-state index < -0.39 is 0 Å². The maximum atomic E-state index is 5.38. The molecule has 45 heavy (non-hydrogen) atoms. The van der Waals surface area contributed by atoms with E-state index in [1.807, 2.05) is 17.4 Å². The highest BCUT2D eigenvalue weighted by Gasteiger charge is 2.23. The van der Waals surface area contributed by atoms with Gasteiger partial charge in [0.2, 0.25) is 0 Å². The molecular weight excluding hydrogens is 587 g/mol. The number of benzene rings is 6. The second-order valence-corrected chi connectivity index (χ2v) is 13.4. The van der Waals surface area contributed by atoms with Crippen LogP contribution >= 0.6 is 22.7 Å². The van der Waals surface area contributed by atoms with Gasteiger partial charge in [-0.1, -0.05) is 115 Å². The highest BCUT2D eigenvalue weighted by atomic mass is 32.1. The van der Waals surface area contributed by atoms with Crippen LogP contribution in [0.1, 0.15) is 0 Å². The summed E-state index contributed by atoms with van der Waals surface area (Å²) in [5.74, 6) is 0.744. The van der Waals surface area contributed by atoms with Crippen LogP contribution < -0.4 is 0 Å². The van der Waals surface area contributed by atoms with E-state index in [0.29, 0.717) is 0 Å². The Bertz CT molecular complexity index is 2770. The van der Waals surface area contributed by atoms with E-state index >= 15 is 0 Å². The fourth-order valence-corrected chi connectivity index (χ4v) is 9.20. The van der Waals surface area contributed by atoms with E-state index in [9.17, 15) is 0 Å². The van der Waals surface area contributed by atoms with Gasteiger partial charge in [0.25, 0.3) is 0 Å². The van der Waals surface area contributed by atoms with Crippen molar-refractivity contribution >= 4 is 85.0 Å². The molecule has 10 rings (SSSR count). The van der Waals surface area contributed by atoms with Crippen LogP contribution in [-0.4, -0.2) is 14.5 Å². The topological polar surface area (TPSA) is 30.7 Å². The number of aromatic nitrogens is 3. The van der Waals surface area contributed by atoms with Crippen LogP contribution in [-0.2, 0) is 0 Å². The van der Waals surface area contributed by atoms with E-state index in [2.05, 4.69) is 138 Å². The maximum absolute atomic E-state index is 5.38. The minimum absolute atomic E-state index is 0.744. The summed E-state index contributed by atoms with van der Waals surface area (Å²) in [6, 6.07) is 49.8. The fourth-order valence-electron chi connectivity index (χ4n) is 6.88. The molecule has 0 saturated carbocycles. The molecule has 0 unspecified atom stereocenters. The number of thiophene rings is 2. The Kier molecular flexibility index (Phi) is 5.32. The summed E-state index contributed by atoms with van der Waals surface area (Å²) >= 11 is 3.61. The second kappa shape index (κ2) is 9.57. The molecule has 0 aliphatic carbocycles. The van der Waals surface area contributed by atoms with Crippen LogP contribution in [0.3, 0.4) is 0 Å². The van der Waals surface area contributed by atoms with Crippen molar-refractivity contribution in [2.24, 2.45) is 0 Å². The first-order valence-electron chi connectivity index (χ1n) is 15.0. The van der Waals surface area contributed by atoms with Gasteiger partial charge in [0.1, 0.15) is 4.83 Å². The van der Waals surface area contributed by atoms with Gasteiger partial charge in [0, 0.05) is 52.8 Å². The molecule has 0 bridgehead atoms. The largest absolute Gasteiger partial charge is 0.307 e. The Morgan fingerprint density at radius 1 is 0.489 bits per heavy atom. The molecule has 6 aromatic carbocycles. The predicted octanol–water partition coefficient (Wildman–Crippen LogP) is 11.6. The number of nitrogens with zero attached hydrogens (tertiary/aromatic N) is 3. The smallest absolute Gasteiger partial charge is 0.161 e. The van der Waals surface area contributed by atoms with Crippen molar-refractivity contribution in [1.29, 1.82) is 0 Å². The minimum Gasteiger partial charge on any atom is -0.307 e. The summed E-state index contributed by atoms with van der Waals surface area (Å²) in [5, 5.41) is 7.41. The lowest BCUT2D eigenvalue weighted by atomic mass is 10.0. The van der Waals surface area contributed by atoms with Crippen molar-refractivity contribution in [2.75, 3.05) is 0 Å². The summed E-state index contributed by atoms with van der Waals surface area (Å²) in [5.41, 5.74) is 6.61. The summed E-state index contributed by atoms with van der Waals surface area (Å²) in [6.45, 7) is 0. The molecule has 3 nitrogen and oxygen atoms in total. The maximum Gasteiger partial charge on any atom is 0.161 e. The highest BCUT2D eigenvalue weighted by molar-refractivity contribution is 7.26. The molecule has 0 aliphatic rings. The van der Waals surface area contributed by atoms with E-state index in [1.165, 1.54) is 52.1 Å². The molecule has 0 atom stereocenters. The van der Waals surface area contributed by atoms with Crippen molar-refractivity contribution in [3.8, 4) is 28.3 Å². The van der Waals surface area contributed by atoms with Gasteiger partial charge in [0.05, 0.1) is 27.1 Å². The van der Waals surface area contributed by atoms with Gasteiger partial charge >= 0.3 is 0 Å². The van der Waals surface area contributed by atoms with Crippen LogP contribution in [0.25, 0.3) is 90.6 Å². The zero-order chi connectivity index (χ0) is 29.5. The first-order valence-corrected chi connectivity index (χ1v) is 16.6. The molecule has 0 radical (unpaired) electrons. The molecule has 0 saturated heterocycles. The van der Waals surface area contributed by atoms with Gasteiger partial charge in [0.15, 0.2) is 5.82 Å². The standard InChI is InChI=1S/C40H23N3S2/c1-2-12-24(13-3-1)39-41-36(35-30-17-7-11-21-34(30)45-40(35)42-39)29-16-5-9-19-32(29)43-31-18-8-4-14-25(31)27-22-23-28-26-15-6-10-20-33(26)44-38(28)37(27)43/h1-23H. The summed E-state index contributed by atoms with van der Waals surface area (Å²) in [4.78, 5) is 11.5. The van der Waals surface area contributed by atoms with Crippen LogP contribution in [0, 0.1) is 0 Å². The second-order valence-electron chi connectivity index (χ2n) is 11.3. The third-order valence-electron chi connectivity index (χ3n) is 8.85. The average molecular weight is 610 g/mol. The fraction of sp³-hybridized carbons (Fsp3) is 0. The predicted molar refractivity (Wildman–Crippen MR) is 193 cm³/mol. The van der Waals surface area contributed by atoms with Crippen molar-refractivity contribution in [1.82, 2.24) is 14.5 Å². The van der Waals surface area contributed by atoms with Crippen molar-refractivity contribution in [3.05, 3.63) is 140 Å². The van der Waals surface area contributed by atoms with Crippen molar-refractivity contribution in [2.45, 2.75) is 0 Å². The Hall–Kier alpha value is -5.36. The Balaban J connectivity index is 1.37. The summed E-state index contributed by atoms with van der Waals surface area (Å²) in [6.07, 6.45) is 0. The van der Waals surface area contributed by atoms with Crippen molar-refractivity contribution in [3.63, 3.8) is 0 Å². The van der Waals surface area contributed by atoms with E-state index in [4.69, 9.17) is 9.97 Å². The SMILES string of the molecule is c1ccc(-c2nc(-c3ccccc3-n3c4ccccc4c4ccc5c6ccccc6sc5c43)c3c(n2)sc2ccccc23)cc1. The number of rotatable bonds is 3. The van der Waals surface area contributed by atoms with Crippen LogP contribution in [0.5, 0.6) is 0 Å². The van der Waals surface area contributed by atoms with Crippen LogP contribution in [0.4, 0.5) is 0 Å². The minimum atomic E-state index is 0.744. The molecule has 0 amide bonds. The molecule has 0 fully saturated rings. The Morgan fingerprint density at radius 3 is 2.02 bits per heavy atom. The third kappa shape index (κ3) is 3.62. The Morgan fingerprint density at radius 2 is 1.16 bits per heavy atom. The molecule has 10 aromatic rings. The number of para-hydroxylation sites is 2. The lowest BCUT2D eigenvalue weighted by Crippen LogP contribution is -2.00. The van der Waals surface area contributed by atoms with Crippen LogP contribution in [0.15, 0.2) is 140 Å². The first-order chi connectivity index (χ1) is 22.3. The quantitative estimate of drug-likeness (QED) is 0.199. The average Bonchev–Trinajstić information content (AvgIpc) is 3.78. The summed E-state index contributed by atoms with van der Waals surface area (Å²) < 4.78 is 6.30.